The first-order valence-corrected chi connectivity index (χ1v) is 9.03. The molecule has 26 heavy (non-hydrogen) atoms. The third-order valence-electron chi connectivity index (χ3n) is 3.39. The summed E-state index contributed by atoms with van der Waals surface area (Å²) >= 11 is 1.65. The Morgan fingerprint density at radius 1 is 1.23 bits per heavy atom. The Labute approximate surface area is 175 Å². The molecule has 0 unspecified atom stereocenters. The highest BCUT2D eigenvalue weighted by molar-refractivity contribution is 14.0. The third kappa shape index (κ3) is 8.09. The predicted octanol–water partition coefficient (Wildman–Crippen LogP) is 2.51. The number of carbonyl (C=O) groups excluding carboxylic acids is 1. The van der Waals surface area contributed by atoms with Gasteiger partial charge in [0.1, 0.15) is 5.82 Å². The van der Waals surface area contributed by atoms with Crippen molar-refractivity contribution in [2.24, 2.45) is 4.99 Å². The molecule has 3 N–H and O–H groups in total. The fourth-order valence-corrected chi connectivity index (χ4v) is 2.74. The van der Waals surface area contributed by atoms with E-state index in [0.717, 1.165) is 29.2 Å². The molecule has 2 rings (SSSR count). The maximum atomic E-state index is 11.9. The topological polar surface area (TPSA) is 91.3 Å². The van der Waals surface area contributed by atoms with Crippen LogP contribution in [0.5, 0.6) is 0 Å². The van der Waals surface area contributed by atoms with Gasteiger partial charge in [0, 0.05) is 44.6 Å². The Morgan fingerprint density at radius 2 is 2.00 bits per heavy atom. The van der Waals surface area contributed by atoms with Gasteiger partial charge in [-0.25, -0.2) is 9.97 Å². The van der Waals surface area contributed by atoms with E-state index in [4.69, 9.17) is 0 Å². The zero-order valence-electron chi connectivity index (χ0n) is 15.2. The van der Waals surface area contributed by atoms with E-state index in [1.54, 1.807) is 30.6 Å². The highest BCUT2D eigenvalue weighted by atomic mass is 127. The van der Waals surface area contributed by atoms with Crippen LogP contribution in [0.1, 0.15) is 22.7 Å². The number of aryl methyl sites for hydroxylation is 2. The molecular weight excluding hydrogens is 463 g/mol. The lowest BCUT2D eigenvalue weighted by molar-refractivity contribution is -0.116. The second-order valence-electron chi connectivity index (χ2n) is 5.55. The van der Waals surface area contributed by atoms with Gasteiger partial charge in [-0.05, 0) is 25.5 Å². The average molecular weight is 488 g/mol. The number of rotatable bonds is 7. The van der Waals surface area contributed by atoms with Crippen LogP contribution in [0.3, 0.4) is 0 Å². The van der Waals surface area contributed by atoms with E-state index in [9.17, 15) is 4.79 Å². The number of guanidine groups is 1. The van der Waals surface area contributed by atoms with Crippen LogP contribution in [0.15, 0.2) is 28.7 Å². The molecule has 0 fully saturated rings. The first kappa shape index (κ1) is 22.3. The number of hydrogen-bond donors (Lipinski definition) is 3. The molecule has 7 nitrogen and oxygen atoms in total. The molecule has 0 saturated heterocycles. The lowest BCUT2D eigenvalue weighted by atomic mass is 10.3. The Morgan fingerprint density at radius 3 is 2.62 bits per heavy atom. The summed E-state index contributed by atoms with van der Waals surface area (Å²) in [7, 11) is 1.71. The minimum atomic E-state index is -0.0859. The van der Waals surface area contributed by atoms with Crippen molar-refractivity contribution in [2.75, 3.05) is 25.5 Å². The Kier molecular flexibility index (Phi) is 10.1. The first-order chi connectivity index (χ1) is 12.1. The number of hydrogen-bond acceptors (Lipinski definition) is 5. The molecule has 142 valence electrons. The van der Waals surface area contributed by atoms with Gasteiger partial charge in [0.2, 0.25) is 5.91 Å². The number of aromatic nitrogens is 2. The normalized spacial score (nSPS) is 10.8. The van der Waals surface area contributed by atoms with Gasteiger partial charge in [-0.1, -0.05) is 6.07 Å². The van der Waals surface area contributed by atoms with Crippen LogP contribution in [0.2, 0.25) is 0 Å². The maximum Gasteiger partial charge on any atom is 0.227 e. The SMILES string of the molecule is CN=C(NCCC(=O)Nc1ccc(C)cn1)NCCc1csc(C)n1.I. The van der Waals surface area contributed by atoms with Crippen LogP contribution >= 0.6 is 35.3 Å². The number of carbonyl (C=O) groups is 1. The molecule has 0 aliphatic heterocycles. The molecule has 0 bridgehead atoms. The van der Waals surface area contributed by atoms with Gasteiger partial charge in [0.25, 0.3) is 0 Å². The number of thiazole rings is 1. The Bertz CT molecular complexity index is 716. The summed E-state index contributed by atoms with van der Waals surface area (Å²) in [5, 5.41) is 12.3. The molecule has 0 aliphatic rings. The number of amides is 1. The van der Waals surface area contributed by atoms with Gasteiger partial charge in [0.15, 0.2) is 5.96 Å². The molecule has 2 aromatic heterocycles. The third-order valence-corrected chi connectivity index (χ3v) is 4.21. The van der Waals surface area contributed by atoms with Crippen molar-refractivity contribution >= 4 is 53.0 Å². The van der Waals surface area contributed by atoms with Crippen LogP contribution in [-0.4, -0.2) is 42.0 Å². The molecule has 1 amide bonds. The minimum Gasteiger partial charge on any atom is -0.356 e. The molecule has 0 radical (unpaired) electrons. The summed E-state index contributed by atoms with van der Waals surface area (Å²) in [6, 6.07) is 3.71. The number of pyridine rings is 1. The zero-order chi connectivity index (χ0) is 18.1. The summed E-state index contributed by atoms with van der Waals surface area (Å²) < 4.78 is 0. The van der Waals surface area contributed by atoms with Crippen LogP contribution < -0.4 is 16.0 Å². The molecule has 0 aromatic carbocycles. The van der Waals surface area contributed by atoms with Crippen LogP contribution in [0.25, 0.3) is 0 Å². The Balaban J connectivity index is 0.00000338. The van der Waals surface area contributed by atoms with E-state index >= 15 is 0 Å². The van der Waals surface area contributed by atoms with Crippen LogP contribution in [0.4, 0.5) is 5.82 Å². The van der Waals surface area contributed by atoms with Crippen molar-refractivity contribution in [2.45, 2.75) is 26.7 Å². The molecule has 0 atom stereocenters. The maximum absolute atomic E-state index is 11.9. The second-order valence-corrected chi connectivity index (χ2v) is 6.61. The molecule has 9 heteroatoms. The quantitative estimate of drug-likeness (QED) is 0.317. The number of halogens is 1. The van der Waals surface area contributed by atoms with E-state index in [-0.39, 0.29) is 29.9 Å². The average Bonchev–Trinajstić information content (AvgIpc) is 3.01. The first-order valence-electron chi connectivity index (χ1n) is 8.15. The van der Waals surface area contributed by atoms with E-state index < -0.39 is 0 Å². The largest absolute Gasteiger partial charge is 0.356 e. The number of anilines is 1. The highest BCUT2D eigenvalue weighted by Crippen LogP contribution is 2.07. The lowest BCUT2D eigenvalue weighted by Crippen LogP contribution is -2.39. The van der Waals surface area contributed by atoms with E-state index in [0.29, 0.717) is 24.7 Å². The lowest BCUT2D eigenvalue weighted by Gasteiger charge is -2.11. The Hall–Kier alpha value is -1.75. The van der Waals surface area contributed by atoms with Gasteiger partial charge in [-0.2, -0.15) is 0 Å². The van der Waals surface area contributed by atoms with Crippen LogP contribution in [-0.2, 0) is 11.2 Å². The highest BCUT2D eigenvalue weighted by Gasteiger charge is 2.05. The summed E-state index contributed by atoms with van der Waals surface area (Å²) in [5.41, 5.74) is 2.14. The molecule has 2 heterocycles. The van der Waals surface area contributed by atoms with Gasteiger partial charge in [-0.15, -0.1) is 35.3 Å². The van der Waals surface area contributed by atoms with Gasteiger partial charge in [0.05, 0.1) is 10.7 Å². The van der Waals surface area contributed by atoms with Crippen molar-refractivity contribution in [3.63, 3.8) is 0 Å². The second kappa shape index (κ2) is 11.8. The fraction of sp³-hybridized carbons (Fsp3) is 0.412. The predicted molar refractivity (Wildman–Crippen MR) is 118 cm³/mol. The van der Waals surface area contributed by atoms with Crippen molar-refractivity contribution < 1.29 is 4.79 Å². The fourth-order valence-electron chi connectivity index (χ4n) is 2.09. The monoisotopic (exact) mass is 488 g/mol. The van der Waals surface area contributed by atoms with Gasteiger partial charge < -0.3 is 16.0 Å². The van der Waals surface area contributed by atoms with Crippen molar-refractivity contribution in [1.29, 1.82) is 0 Å². The minimum absolute atomic E-state index is 0. The van der Waals surface area contributed by atoms with Gasteiger partial charge in [-0.3, -0.25) is 9.79 Å². The van der Waals surface area contributed by atoms with Crippen LogP contribution in [0, 0.1) is 13.8 Å². The molecule has 0 spiro atoms. The van der Waals surface area contributed by atoms with Crippen molar-refractivity contribution in [3.8, 4) is 0 Å². The molecule has 0 aliphatic carbocycles. The number of nitrogens with one attached hydrogen (secondary N) is 3. The van der Waals surface area contributed by atoms with Crippen molar-refractivity contribution in [1.82, 2.24) is 20.6 Å². The molecular formula is C17H25IN6OS. The molecule has 0 saturated carbocycles. The van der Waals surface area contributed by atoms with Gasteiger partial charge >= 0.3 is 0 Å². The van der Waals surface area contributed by atoms with E-state index in [1.165, 1.54) is 0 Å². The van der Waals surface area contributed by atoms with E-state index in [1.807, 2.05) is 19.9 Å². The summed E-state index contributed by atoms with van der Waals surface area (Å²) in [5.74, 6) is 1.15. The molecule has 2 aromatic rings. The zero-order valence-corrected chi connectivity index (χ0v) is 18.4. The summed E-state index contributed by atoms with van der Waals surface area (Å²) in [4.78, 5) is 24.6. The number of nitrogens with zero attached hydrogens (tertiary/aromatic N) is 3. The number of aliphatic imine (C=N–C) groups is 1. The van der Waals surface area contributed by atoms with Crippen molar-refractivity contribution in [3.05, 3.63) is 40.0 Å². The smallest absolute Gasteiger partial charge is 0.227 e. The summed E-state index contributed by atoms with van der Waals surface area (Å²) in [6.07, 6.45) is 2.90. The van der Waals surface area contributed by atoms with E-state index in [2.05, 4.69) is 36.3 Å². The standard InChI is InChI=1S/C17H24N6OS.HI/c1-12-4-5-15(21-10-12)23-16(24)7-9-20-17(18-3)19-8-6-14-11-25-13(2)22-14;/h4-5,10-11H,6-9H2,1-3H3,(H2,18,19,20)(H,21,23,24);1H. The summed E-state index contributed by atoms with van der Waals surface area (Å²) in [6.45, 7) is 5.19.